The summed E-state index contributed by atoms with van der Waals surface area (Å²) in [5, 5.41) is 12.1. The number of ether oxygens (including phenoxy) is 2. The van der Waals surface area contributed by atoms with Crippen molar-refractivity contribution in [2.24, 2.45) is 0 Å². The topological polar surface area (TPSA) is 102 Å². The summed E-state index contributed by atoms with van der Waals surface area (Å²) in [6.07, 6.45) is 3.74. The van der Waals surface area contributed by atoms with Crippen LogP contribution >= 0.6 is 11.3 Å². The number of para-hydroxylation sites is 1. The van der Waals surface area contributed by atoms with Crippen LogP contribution in [0.5, 0.6) is 5.75 Å². The number of thiophene rings is 1. The van der Waals surface area contributed by atoms with Gasteiger partial charge in [-0.25, -0.2) is 4.79 Å². The van der Waals surface area contributed by atoms with Gasteiger partial charge in [-0.3, -0.25) is 10.2 Å². The molecule has 0 saturated heterocycles. The number of rotatable bonds is 4. The quantitative estimate of drug-likeness (QED) is 0.633. The van der Waals surface area contributed by atoms with Gasteiger partial charge in [0, 0.05) is 10.3 Å². The van der Waals surface area contributed by atoms with Crippen molar-refractivity contribution in [1.29, 1.82) is 5.41 Å². The fraction of sp³-hybridized carbons (Fsp3) is 0.286. The molecule has 0 atom stereocenters. The highest BCUT2D eigenvalue weighted by Crippen LogP contribution is 2.38. The van der Waals surface area contributed by atoms with Crippen molar-refractivity contribution in [3.63, 3.8) is 0 Å². The Hall–Kier alpha value is -3.13. The monoisotopic (exact) mass is 412 g/mol. The van der Waals surface area contributed by atoms with E-state index < -0.39 is 11.9 Å². The second-order valence-corrected chi connectivity index (χ2v) is 7.83. The largest absolute Gasteiger partial charge is 0.493 e. The molecule has 1 amide bonds. The maximum Gasteiger partial charge on any atom is 0.341 e. The summed E-state index contributed by atoms with van der Waals surface area (Å²) in [5.74, 6) is -0.479. The third kappa shape index (κ3) is 3.40. The number of carbonyl (C=O) groups excluding carboxylic acids is 2. The first-order chi connectivity index (χ1) is 14.0. The fourth-order valence-corrected chi connectivity index (χ4v) is 4.88. The minimum Gasteiger partial charge on any atom is -0.493 e. The number of aryl methyl sites for hydroxylation is 1. The predicted octanol–water partition coefficient (Wildman–Crippen LogP) is 3.90. The molecule has 1 aliphatic rings. The molecule has 1 aliphatic carbocycles. The molecule has 0 spiro atoms. The van der Waals surface area contributed by atoms with Gasteiger partial charge in [-0.1, -0.05) is 12.1 Å². The molecule has 0 saturated carbocycles. The van der Waals surface area contributed by atoms with Gasteiger partial charge in [0.2, 0.25) is 5.55 Å². The predicted molar refractivity (Wildman–Crippen MR) is 109 cm³/mol. The summed E-state index contributed by atoms with van der Waals surface area (Å²) in [6.45, 7) is 0. The number of carbonyl (C=O) groups is 2. The zero-order valence-electron chi connectivity index (χ0n) is 16.1. The van der Waals surface area contributed by atoms with Gasteiger partial charge in [-0.05, 0) is 43.4 Å². The first-order valence-corrected chi connectivity index (χ1v) is 10.0. The number of amides is 1. The summed E-state index contributed by atoms with van der Waals surface area (Å²) in [5.41, 5.74) is 1.58. The summed E-state index contributed by atoms with van der Waals surface area (Å²) >= 11 is 1.40. The van der Waals surface area contributed by atoms with Gasteiger partial charge < -0.3 is 19.2 Å². The van der Waals surface area contributed by atoms with Crippen LogP contribution in [-0.2, 0) is 17.6 Å². The van der Waals surface area contributed by atoms with Crippen LogP contribution in [0.15, 0.2) is 28.7 Å². The number of fused-ring (bicyclic) bond motifs is 2. The summed E-state index contributed by atoms with van der Waals surface area (Å²) in [6, 6.07) is 6.88. The third-order valence-electron chi connectivity index (χ3n) is 5.01. The highest BCUT2D eigenvalue weighted by Gasteiger charge is 2.27. The lowest BCUT2D eigenvalue weighted by molar-refractivity contribution is 0.0601. The Kier molecular flexibility index (Phi) is 5.10. The Labute approximate surface area is 170 Å². The third-order valence-corrected chi connectivity index (χ3v) is 6.22. The Morgan fingerprint density at radius 2 is 2.00 bits per heavy atom. The van der Waals surface area contributed by atoms with E-state index in [1.165, 1.54) is 25.6 Å². The van der Waals surface area contributed by atoms with Crippen LogP contribution in [0.25, 0.3) is 11.0 Å². The van der Waals surface area contributed by atoms with E-state index in [9.17, 15) is 9.59 Å². The average molecular weight is 412 g/mol. The molecule has 0 bridgehead atoms. The molecule has 0 fully saturated rings. The lowest BCUT2D eigenvalue weighted by Crippen LogP contribution is -2.21. The van der Waals surface area contributed by atoms with E-state index in [0.29, 0.717) is 27.3 Å². The van der Waals surface area contributed by atoms with Gasteiger partial charge in [-0.2, -0.15) is 0 Å². The van der Waals surface area contributed by atoms with Crippen molar-refractivity contribution in [3.8, 4) is 5.75 Å². The number of anilines is 1. The van der Waals surface area contributed by atoms with Crippen molar-refractivity contribution in [1.82, 2.24) is 0 Å². The van der Waals surface area contributed by atoms with Crippen molar-refractivity contribution in [2.75, 3.05) is 19.5 Å². The maximum absolute atomic E-state index is 12.9. The molecule has 7 nitrogen and oxygen atoms in total. The first kappa shape index (κ1) is 19.2. The lowest BCUT2D eigenvalue weighted by Gasteiger charge is -2.11. The van der Waals surface area contributed by atoms with Crippen LogP contribution in [0.4, 0.5) is 5.00 Å². The summed E-state index contributed by atoms with van der Waals surface area (Å²) in [4.78, 5) is 26.4. The molecule has 0 aliphatic heterocycles. The van der Waals surface area contributed by atoms with Crippen molar-refractivity contribution in [3.05, 3.63) is 51.4 Å². The molecule has 4 rings (SSSR count). The van der Waals surface area contributed by atoms with E-state index in [1.54, 1.807) is 24.3 Å². The second-order valence-electron chi connectivity index (χ2n) is 6.73. The number of benzene rings is 1. The molecule has 29 heavy (non-hydrogen) atoms. The highest BCUT2D eigenvalue weighted by atomic mass is 32.1. The van der Waals surface area contributed by atoms with E-state index in [1.807, 2.05) is 0 Å². The molecule has 2 N–H and O–H groups in total. The van der Waals surface area contributed by atoms with Gasteiger partial charge >= 0.3 is 5.97 Å². The highest BCUT2D eigenvalue weighted by molar-refractivity contribution is 7.17. The average Bonchev–Trinajstić information content (AvgIpc) is 3.09. The molecule has 0 unspecified atom stereocenters. The molecule has 1 aromatic carbocycles. The van der Waals surface area contributed by atoms with Crippen LogP contribution in [0, 0.1) is 5.41 Å². The smallest absolute Gasteiger partial charge is 0.341 e. The minimum absolute atomic E-state index is 0.0768. The van der Waals surface area contributed by atoms with Crippen molar-refractivity contribution >= 4 is 39.2 Å². The van der Waals surface area contributed by atoms with E-state index in [0.717, 1.165) is 36.1 Å². The van der Waals surface area contributed by atoms with Crippen LogP contribution in [0.1, 0.15) is 44.0 Å². The van der Waals surface area contributed by atoms with Crippen molar-refractivity contribution < 1.29 is 23.5 Å². The molecule has 8 heteroatoms. The first-order valence-electron chi connectivity index (χ1n) is 9.23. The SMILES string of the molecule is COC(=O)c1c(NC(=O)c2cc3cccc(OC)c3oc2=N)sc2c1CCCC2. The number of methoxy groups -OCH3 is 2. The zero-order valence-corrected chi connectivity index (χ0v) is 16.9. The van der Waals surface area contributed by atoms with Crippen LogP contribution in [0.2, 0.25) is 0 Å². The van der Waals surface area contributed by atoms with E-state index in [4.69, 9.17) is 19.3 Å². The fourth-order valence-electron chi connectivity index (χ4n) is 3.61. The Balaban J connectivity index is 1.74. The summed E-state index contributed by atoms with van der Waals surface area (Å²) in [7, 11) is 2.85. The molecule has 150 valence electrons. The van der Waals surface area contributed by atoms with E-state index >= 15 is 0 Å². The standard InChI is InChI=1S/C21H20N2O5S/c1-26-14-8-5-6-11-10-13(18(22)28-17(11)14)19(24)23-20-16(21(25)27-2)12-7-3-4-9-15(12)29-20/h5-6,8,10,22H,3-4,7,9H2,1-2H3,(H,23,24). The molecule has 2 aromatic heterocycles. The van der Waals surface area contributed by atoms with Crippen LogP contribution in [0.3, 0.4) is 0 Å². The lowest BCUT2D eigenvalue weighted by atomic mass is 9.95. The molecular weight excluding hydrogens is 392 g/mol. The Morgan fingerprint density at radius 3 is 2.76 bits per heavy atom. The van der Waals surface area contributed by atoms with Crippen LogP contribution in [-0.4, -0.2) is 26.1 Å². The maximum atomic E-state index is 12.9. The van der Waals surface area contributed by atoms with Crippen molar-refractivity contribution in [2.45, 2.75) is 25.7 Å². The molecule has 3 aromatic rings. The van der Waals surface area contributed by atoms with Gasteiger partial charge in [0.25, 0.3) is 5.91 Å². The number of hydrogen-bond acceptors (Lipinski definition) is 7. The van der Waals surface area contributed by atoms with E-state index in [2.05, 4.69) is 5.32 Å². The second kappa shape index (κ2) is 7.71. The molecule has 2 heterocycles. The van der Waals surface area contributed by atoms with Crippen LogP contribution < -0.4 is 15.6 Å². The normalized spacial score (nSPS) is 13.0. The Morgan fingerprint density at radius 1 is 1.21 bits per heavy atom. The number of esters is 1. The van der Waals surface area contributed by atoms with Gasteiger partial charge in [0.1, 0.15) is 10.6 Å². The van der Waals surface area contributed by atoms with E-state index in [-0.39, 0.29) is 11.1 Å². The summed E-state index contributed by atoms with van der Waals surface area (Å²) < 4.78 is 15.7. The van der Waals surface area contributed by atoms with Gasteiger partial charge in [-0.15, -0.1) is 11.3 Å². The van der Waals surface area contributed by atoms with Gasteiger partial charge in [0.05, 0.1) is 19.8 Å². The minimum atomic E-state index is -0.507. The molecule has 0 radical (unpaired) electrons. The number of hydrogen-bond donors (Lipinski definition) is 2. The van der Waals surface area contributed by atoms with Gasteiger partial charge in [0.15, 0.2) is 11.3 Å². The molecular formula is C21H20N2O5S. The zero-order chi connectivity index (χ0) is 20.5. The Bertz CT molecular complexity index is 1180. The number of nitrogens with one attached hydrogen (secondary N) is 2.